The number of hydrogen-bond acceptors (Lipinski definition) is 8. The Labute approximate surface area is 173 Å². The van der Waals surface area contributed by atoms with Gasteiger partial charge in [-0.1, -0.05) is 11.6 Å². The molecular formula is C18H23ClN6O2S. The van der Waals surface area contributed by atoms with Crippen LogP contribution in [-0.2, 0) is 4.74 Å². The quantitative estimate of drug-likeness (QED) is 0.522. The fraction of sp³-hybridized carbons (Fsp3) is 0.444. The number of nitrogens with one attached hydrogen (secondary N) is 1. The molecule has 2 unspecified atom stereocenters. The van der Waals surface area contributed by atoms with E-state index in [1.54, 1.807) is 19.5 Å². The van der Waals surface area contributed by atoms with E-state index >= 15 is 0 Å². The summed E-state index contributed by atoms with van der Waals surface area (Å²) in [5, 5.41) is 9.09. The molecule has 0 radical (unpaired) electrons. The second kappa shape index (κ2) is 8.93. The lowest BCUT2D eigenvalue weighted by Gasteiger charge is -2.21. The van der Waals surface area contributed by atoms with E-state index in [-0.39, 0.29) is 17.4 Å². The van der Waals surface area contributed by atoms with Crippen LogP contribution in [0.2, 0.25) is 5.02 Å². The van der Waals surface area contributed by atoms with Crippen molar-refractivity contribution in [3.63, 3.8) is 0 Å². The maximum Gasteiger partial charge on any atom is 0.235 e. The van der Waals surface area contributed by atoms with E-state index in [0.29, 0.717) is 28.4 Å². The highest BCUT2D eigenvalue weighted by Gasteiger charge is 2.24. The van der Waals surface area contributed by atoms with Gasteiger partial charge in [-0.15, -0.1) is 10.2 Å². The number of aromatic nitrogens is 5. The molecule has 28 heavy (non-hydrogen) atoms. The molecular weight excluding hydrogens is 400 g/mol. The minimum absolute atomic E-state index is 0.00204. The summed E-state index contributed by atoms with van der Waals surface area (Å²) >= 11 is 7.34. The molecule has 0 fully saturated rings. The van der Waals surface area contributed by atoms with Gasteiger partial charge in [0.15, 0.2) is 11.6 Å². The molecule has 150 valence electrons. The van der Waals surface area contributed by atoms with Crippen molar-refractivity contribution in [1.82, 2.24) is 24.7 Å². The summed E-state index contributed by atoms with van der Waals surface area (Å²) in [6, 6.07) is 3.96. The smallest absolute Gasteiger partial charge is 0.235 e. The van der Waals surface area contributed by atoms with Crippen molar-refractivity contribution in [2.45, 2.75) is 45.1 Å². The van der Waals surface area contributed by atoms with Gasteiger partial charge in [0, 0.05) is 25.5 Å². The molecule has 0 saturated heterocycles. The molecule has 0 spiro atoms. The molecule has 10 heteroatoms. The van der Waals surface area contributed by atoms with Crippen LogP contribution in [0.1, 0.15) is 44.5 Å². The lowest BCUT2D eigenvalue weighted by molar-refractivity contribution is 0.0972. The van der Waals surface area contributed by atoms with Crippen molar-refractivity contribution in [2.75, 3.05) is 11.8 Å². The van der Waals surface area contributed by atoms with Crippen molar-refractivity contribution >= 4 is 29.5 Å². The van der Waals surface area contributed by atoms with E-state index in [2.05, 4.69) is 38.7 Å². The molecule has 3 rings (SSSR count). The topological polar surface area (TPSA) is 90.9 Å². The summed E-state index contributed by atoms with van der Waals surface area (Å²) in [6.45, 7) is 8.07. The first-order valence-electron chi connectivity index (χ1n) is 8.84. The van der Waals surface area contributed by atoms with Gasteiger partial charge >= 0.3 is 0 Å². The fourth-order valence-corrected chi connectivity index (χ4v) is 3.64. The van der Waals surface area contributed by atoms with Crippen molar-refractivity contribution < 1.29 is 9.15 Å². The number of rotatable bonds is 8. The van der Waals surface area contributed by atoms with Crippen molar-refractivity contribution in [3.8, 4) is 11.6 Å². The van der Waals surface area contributed by atoms with Gasteiger partial charge in [-0.2, -0.15) is 0 Å². The predicted molar refractivity (Wildman–Crippen MR) is 110 cm³/mol. The summed E-state index contributed by atoms with van der Waals surface area (Å²) in [5.41, 5.74) is 0. The summed E-state index contributed by atoms with van der Waals surface area (Å²) in [5.74, 6) is 3.42. The molecule has 0 aliphatic heterocycles. The van der Waals surface area contributed by atoms with E-state index in [9.17, 15) is 0 Å². The Balaban J connectivity index is 1.76. The highest BCUT2D eigenvalue weighted by molar-refractivity contribution is 8.01. The lowest BCUT2D eigenvalue weighted by atomic mass is 10.2. The zero-order valence-corrected chi connectivity index (χ0v) is 18.0. The third-order valence-corrected chi connectivity index (χ3v) is 5.20. The van der Waals surface area contributed by atoms with E-state index in [1.807, 2.05) is 30.5 Å². The van der Waals surface area contributed by atoms with Crippen LogP contribution in [-0.4, -0.2) is 37.1 Å². The first-order valence-corrected chi connectivity index (χ1v) is 10.1. The van der Waals surface area contributed by atoms with Crippen molar-refractivity contribution in [2.24, 2.45) is 0 Å². The van der Waals surface area contributed by atoms with Crippen LogP contribution in [0.15, 0.2) is 28.9 Å². The second-order valence-electron chi connectivity index (χ2n) is 6.56. The monoisotopic (exact) mass is 422 g/mol. The Morgan fingerprint density at radius 1 is 1.18 bits per heavy atom. The molecule has 0 amide bonds. The summed E-state index contributed by atoms with van der Waals surface area (Å²) in [7, 11) is 1.63. The van der Waals surface area contributed by atoms with Crippen LogP contribution in [0, 0.1) is 6.92 Å². The average Bonchev–Trinajstić information content (AvgIpc) is 3.28. The zero-order chi connectivity index (χ0) is 20.3. The molecule has 0 saturated carbocycles. The first-order chi connectivity index (χ1) is 13.4. The van der Waals surface area contributed by atoms with Crippen LogP contribution in [0.5, 0.6) is 0 Å². The van der Waals surface area contributed by atoms with Gasteiger partial charge in [0.2, 0.25) is 11.8 Å². The minimum atomic E-state index is -0.308. The van der Waals surface area contributed by atoms with Gasteiger partial charge in [-0.25, -0.2) is 9.97 Å². The number of aryl methyl sites for hydroxylation is 1. The van der Waals surface area contributed by atoms with Gasteiger partial charge in [-0.05, 0) is 51.8 Å². The molecule has 0 aliphatic carbocycles. The molecule has 3 heterocycles. The number of methoxy groups -OCH3 is 1. The van der Waals surface area contributed by atoms with Gasteiger partial charge in [0.05, 0.1) is 10.3 Å². The number of hydrogen-bond donors (Lipinski definition) is 1. The van der Waals surface area contributed by atoms with Gasteiger partial charge in [0.25, 0.3) is 0 Å². The maximum atomic E-state index is 5.87. The average molecular weight is 423 g/mol. The highest BCUT2D eigenvalue weighted by Crippen LogP contribution is 2.31. The zero-order valence-electron chi connectivity index (χ0n) is 16.4. The third-order valence-electron chi connectivity index (χ3n) is 4.08. The van der Waals surface area contributed by atoms with E-state index < -0.39 is 0 Å². The summed E-state index contributed by atoms with van der Waals surface area (Å²) in [6.07, 6.45) is 2.82. The summed E-state index contributed by atoms with van der Waals surface area (Å²) in [4.78, 5) is 8.53. The molecule has 0 aliphatic rings. The Bertz CT molecular complexity index is 911. The lowest BCUT2D eigenvalue weighted by Crippen LogP contribution is -2.19. The first kappa shape index (κ1) is 20.6. The molecule has 0 bridgehead atoms. The predicted octanol–water partition coefficient (Wildman–Crippen LogP) is 4.71. The van der Waals surface area contributed by atoms with Crippen molar-refractivity contribution in [1.29, 1.82) is 0 Å². The number of ether oxygens (including phenoxy) is 1. The van der Waals surface area contributed by atoms with Crippen LogP contribution in [0.25, 0.3) is 11.6 Å². The number of nitrogens with zero attached hydrogens (tertiary/aromatic N) is 5. The second-order valence-corrected chi connectivity index (χ2v) is 8.18. The highest BCUT2D eigenvalue weighted by atomic mass is 35.5. The summed E-state index contributed by atoms with van der Waals surface area (Å²) < 4.78 is 16.6. The Hall–Kier alpha value is -2.10. The fourth-order valence-electron chi connectivity index (χ4n) is 2.76. The third kappa shape index (κ3) is 4.48. The Kier molecular flexibility index (Phi) is 6.58. The van der Waals surface area contributed by atoms with Gasteiger partial charge in [0.1, 0.15) is 11.9 Å². The molecule has 3 aromatic rings. The van der Waals surface area contributed by atoms with Gasteiger partial charge in [-0.3, -0.25) is 9.29 Å². The van der Waals surface area contributed by atoms with E-state index in [0.717, 1.165) is 5.76 Å². The van der Waals surface area contributed by atoms with Crippen molar-refractivity contribution in [3.05, 3.63) is 41.1 Å². The SMILES string of the molecule is COC(c1ncc(Cl)cn1)C(C)SNc1nnc(-c2ccc(C)o2)n1C(C)C. The Morgan fingerprint density at radius 2 is 1.89 bits per heavy atom. The molecule has 3 aromatic heterocycles. The number of anilines is 1. The largest absolute Gasteiger partial charge is 0.458 e. The van der Waals surface area contributed by atoms with Gasteiger partial charge < -0.3 is 9.15 Å². The molecule has 0 aromatic carbocycles. The Morgan fingerprint density at radius 3 is 2.46 bits per heavy atom. The number of halogens is 1. The van der Waals surface area contributed by atoms with E-state index in [4.69, 9.17) is 20.8 Å². The molecule has 1 N–H and O–H groups in total. The van der Waals surface area contributed by atoms with Crippen LogP contribution in [0.4, 0.5) is 5.95 Å². The van der Waals surface area contributed by atoms with E-state index in [1.165, 1.54) is 11.9 Å². The van der Waals surface area contributed by atoms with Crippen LogP contribution < -0.4 is 4.72 Å². The number of furan rings is 1. The standard InChI is InChI=1S/C18H23ClN6O2S/c1-10(2)25-17(14-7-6-11(3)27-14)22-23-18(25)24-28-12(4)15(26-5)16-20-8-13(19)9-21-16/h6-10,12,15H,1-5H3,(H,23,24). The molecule has 8 nitrogen and oxygen atoms in total. The minimum Gasteiger partial charge on any atom is -0.458 e. The normalized spacial score (nSPS) is 13.7. The maximum absolute atomic E-state index is 5.87. The molecule has 2 atom stereocenters. The van der Waals surface area contributed by atoms with Crippen LogP contribution >= 0.6 is 23.5 Å². The van der Waals surface area contributed by atoms with Crippen LogP contribution in [0.3, 0.4) is 0 Å².